The molecule has 0 radical (unpaired) electrons. The number of aromatic nitrogens is 1. The van der Waals surface area contributed by atoms with Crippen molar-refractivity contribution in [3.8, 4) is 0 Å². The Hall–Kier alpha value is -1.57. The normalized spacial score (nSPS) is 10.8. The number of carbonyl (C=O) groups excluding carboxylic acids is 1. The van der Waals surface area contributed by atoms with Gasteiger partial charge in [0, 0.05) is 28.6 Å². The molecular weight excluding hydrogens is 186 g/mol. The largest absolute Gasteiger partial charge is 0.358 e. The van der Waals surface area contributed by atoms with Gasteiger partial charge in [0.2, 0.25) is 0 Å². The second-order valence-electron chi connectivity index (χ2n) is 3.65. The first-order chi connectivity index (χ1) is 7.27. The van der Waals surface area contributed by atoms with Gasteiger partial charge in [-0.05, 0) is 12.5 Å². The summed E-state index contributed by atoms with van der Waals surface area (Å²) in [5.41, 5.74) is 3.00. The zero-order valence-corrected chi connectivity index (χ0v) is 9.13. The van der Waals surface area contributed by atoms with Gasteiger partial charge < -0.3 is 4.98 Å². The summed E-state index contributed by atoms with van der Waals surface area (Å²) in [6.45, 7) is 3.97. The molecule has 0 amide bonds. The summed E-state index contributed by atoms with van der Waals surface area (Å²) in [6.07, 6.45) is 1.44. The average molecular weight is 201 g/mol. The third-order valence-electron chi connectivity index (χ3n) is 2.74. The molecule has 0 unspecified atom stereocenters. The molecule has 1 heterocycles. The summed E-state index contributed by atoms with van der Waals surface area (Å²) in [5.74, 6) is 0.226. The van der Waals surface area contributed by atoms with Crippen molar-refractivity contribution in [3.05, 3.63) is 35.5 Å². The van der Waals surface area contributed by atoms with Crippen molar-refractivity contribution < 1.29 is 4.79 Å². The topological polar surface area (TPSA) is 32.9 Å². The number of hydrogen-bond acceptors (Lipinski definition) is 1. The van der Waals surface area contributed by atoms with E-state index in [1.54, 1.807) is 0 Å². The molecule has 0 spiro atoms. The van der Waals surface area contributed by atoms with Gasteiger partial charge in [-0.1, -0.05) is 32.0 Å². The average Bonchev–Trinajstić information content (AvgIpc) is 2.66. The number of fused-ring (bicyclic) bond motifs is 1. The Bertz CT molecular complexity index is 496. The first kappa shape index (κ1) is 9.97. The number of rotatable bonds is 3. The molecule has 0 fully saturated rings. The van der Waals surface area contributed by atoms with Crippen molar-refractivity contribution in [2.75, 3.05) is 0 Å². The van der Waals surface area contributed by atoms with Gasteiger partial charge >= 0.3 is 0 Å². The number of benzene rings is 1. The highest BCUT2D eigenvalue weighted by molar-refractivity contribution is 6.09. The van der Waals surface area contributed by atoms with E-state index in [9.17, 15) is 4.79 Å². The van der Waals surface area contributed by atoms with E-state index >= 15 is 0 Å². The minimum Gasteiger partial charge on any atom is -0.358 e. The van der Waals surface area contributed by atoms with Crippen LogP contribution in [0.2, 0.25) is 0 Å². The molecule has 78 valence electrons. The molecule has 0 saturated carbocycles. The number of Topliss-reactive ketones (excluding diaryl/α,β-unsaturated/α-hetero) is 1. The van der Waals surface area contributed by atoms with E-state index in [1.165, 1.54) is 0 Å². The molecule has 2 aromatic rings. The van der Waals surface area contributed by atoms with Gasteiger partial charge in [-0.3, -0.25) is 4.79 Å². The molecule has 1 aromatic carbocycles. The highest BCUT2D eigenvalue weighted by Gasteiger charge is 2.14. The summed E-state index contributed by atoms with van der Waals surface area (Å²) in [6, 6.07) is 7.98. The van der Waals surface area contributed by atoms with E-state index in [1.807, 2.05) is 31.2 Å². The van der Waals surface area contributed by atoms with E-state index in [4.69, 9.17) is 0 Å². The predicted octanol–water partition coefficient (Wildman–Crippen LogP) is 3.32. The fourth-order valence-electron chi connectivity index (χ4n) is 1.96. The van der Waals surface area contributed by atoms with Crippen LogP contribution in [0.5, 0.6) is 0 Å². The molecule has 2 rings (SSSR count). The fourth-order valence-corrected chi connectivity index (χ4v) is 1.96. The van der Waals surface area contributed by atoms with E-state index in [0.717, 1.165) is 28.6 Å². The molecule has 0 aliphatic carbocycles. The first-order valence-corrected chi connectivity index (χ1v) is 5.40. The van der Waals surface area contributed by atoms with Crippen molar-refractivity contribution in [2.24, 2.45) is 0 Å². The summed E-state index contributed by atoms with van der Waals surface area (Å²) in [5, 5.41) is 1.06. The van der Waals surface area contributed by atoms with E-state index in [2.05, 4.69) is 11.9 Å². The van der Waals surface area contributed by atoms with Crippen molar-refractivity contribution in [2.45, 2.75) is 26.7 Å². The van der Waals surface area contributed by atoms with Gasteiger partial charge in [0.1, 0.15) is 0 Å². The third kappa shape index (κ3) is 1.56. The zero-order valence-electron chi connectivity index (χ0n) is 9.13. The fraction of sp³-hybridized carbons (Fsp3) is 0.308. The quantitative estimate of drug-likeness (QED) is 0.759. The molecule has 15 heavy (non-hydrogen) atoms. The number of aromatic amines is 1. The Balaban J connectivity index is 2.72. The molecule has 1 aromatic heterocycles. The van der Waals surface area contributed by atoms with Crippen LogP contribution < -0.4 is 0 Å². The van der Waals surface area contributed by atoms with Crippen LogP contribution in [-0.4, -0.2) is 10.8 Å². The molecule has 2 nitrogen and oxygen atoms in total. The number of para-hydroxylation sites is 1. The highest BCUT2D eigenvalue weighted by Crippen LogP contribution is 2.23. The Labute approximate surface area is 89.3 Å². The lowest BCUT2D eigenvalue weighted by Crippen LogP contribution is -1.99. The summed E-state index contributed by atoms with van der Waals surface area (Å²) < 4.78 is 0. The standard InChI is InChI=1S/C13H15NO/c1-3-10-13(12(15)4-2)9-7-5-6-8-11(9)14-10/h5-8,14H,3-4H2,1-2H3. The first-order valence-electron chi connectivity index (χ1n) is 5.40. The second kappa shape index (κ2) is 3.89. The summed E-state index contributed by atoms with van der Waals surface area (Å²) in [4.78, 5) is 15.2. The van der Waals surface area contributed by atoms with Gasteiger partial charge in [0.15, 0.2) is 5.78 Å². The van der Waals surface area contributed by atoms with E-state index < -0.39 is 0 Å². The molecular formula is C13H15NO. The molecule has 0 aliphatic rings. The van der Waals surface area contributed by atoms with Gasteiger partial charge in [-0.2, -0.15) is 0 Å². The monoisotopic (exact) mass is 201 g/mol. The van der Waals surface area contributed by atoms with Crippen LogP contribution in [0.3, 0.4) is 0 Å². The number of aryl methyl sites for hydroxylation is 1. The summed E-state index contributed by atoms with van der Waals surface area (Å²) in [7, 11) is 0. The maximum Gasteiger partial charge on any atom is 0.165 e. The van der Waals surface area contributed by atoms with Gasteiger partial charge in [-0.25, -0.2) is 0 Å². The lowest BCUT2D eigenvalue weighted by molar-refractivity contribution is 0.0989. The zero-order chi connectivity index (χ0) is 10.8. The number of ketones is 1. The Morgan fingerprint density at radius 3 is 2.67 bits per heavy atom. The third-order valence-corrected chi connectivity index (χ3v) is 2.74. The smallest absolute Gasteiger partial charge is 0.165 e. The molecule has 1 N–H and O–H groups in total. The van der Waals surface area contributed by atoms with Crippen LogP contribution in [0, 0.1) is 0 Å². The van der Waals surface area contributed by atoms with Crippen LogP contribution in [-0.2, 0) is 6.42 Å². The van der Waals surface area contributed by atoms with Crippen molar-refractivity contribution in [1.82, 2.24) is 4.98 Å². The molecule has 2 heteroatoms. The SMILES string of the molecule is CCC(=O)c1c(CC)[nH]c2ccccc12. The van der Waals surface area contributed by atoms with E-state index in [-0.39, 0.29) is 5.78 Å². The minimum atomic E-state index is 0.226. The summed E-state index contributed by atoms with van der Waals surface area (Å²) >= 11 is 0. The van der Waals surface area contributed by atoms with Gasteiger partial charge in [0.25, 0.3) is 0 Å². The highest BCUT2D eigenvalue weighted by atomic mass is 16.1. The predicted molar refractivity (Wildman–Crippen MR) is 62.3 cm³/mol. The van der Waals surface area contributed by atoms with Crippen molar-refractivity contribution >= 4 is 16.7 Å². The van der Waals surface area contributed by atoms with E-state index in [0.29, 0.717) is 6.42 Å². The number of H-pyrrole nitrogens is 1. The van der Waals surface area contributed by atoms with Crippen LogP contribution in [0.4, 0.5) is 0 Å². The van der Waals surface area contributed by atoms with Gasteiger partial charge in [-0.15, -0.1) is 0 Å². The molecule has 0 saturated heterocycles. The number of carbonyl (C=O) groups is 1. The maximum absolute atomic E-state index is 11.8. The minimum absolute atomic E-state index is 0.226. The maximum atomic E-state index is 11.8. The lowest BCUT2D eigenvalue weighted by Gasteiger charge is -1.98. The second-order valence-corrected chi connectivity index (χ2v) is 3.65. The number of hydrogen-bond donors (Lipinski definition) is 1. The number of nitrogens with one attached hydrogen (secondary N) is 1. The Morgan fingerprint density at radius 1 is 1.27 bits per heavy atom. The van der Waals surface area contributed by atoms with Crippen molar-refractivity contribution in [3.63, 3.8) is 0 Å². The van der Waals surface area contributed by atoms with Crippen LogP contribution >= 0.6 is 0 Å². The lowest BCUT2D eigenvalue weighted by atomic mass is 10.0. The van der Waals surface area contributed by atoms with Crippen LogP contribution in [0.1, 0.15) is 36.3 Å². The molecule has 0 aliphatic heterocycles. The van der Waals surface area contributed by atoms with Crippen LogP contribution in [0.25, 0.3) is 10.9 Å². The van der Waals surface area contributed by atoms with Gasteiger partial charge in [0.05, 0.1) is 0 Å². The Kier molecular flexibility index (Phi) is 2.58. The van der Waals surface area contributed by atoms with Crippen LogP contribution in [0.15, 0.2) is 24.3 Å². The molecule has 0 bridgehead atoms. The Morgan fingerprint density at radius 2 is 2.00 bits per heavy atom. The van der Waals surface area contributed by atoms with Crippen molar-refractivity contribution in [1.29, 1.82) is 0 Å². The molecule has 0 atom stereocenters.